The first-order valence-corrected chi connectivity index (χ1v) is 8.57. The monoisotopic (exact) mass is 365 g/mol. The van der Waals surface area contributed by atoms with Crippen molar-refractivity contribution in [2.45, 2.75) is 6.04 Å². The molecule has 0 radical (unpaired) electrons. The molecular weight excluding hydrogens is 342 g/mol. The third-order valence-corrected chi connectivity index (χ3v) is 4.33. The van der Waals surface area contributed by atoms with Crippen molar-refractivity contribution in [1.82, 2.24) is 15.5 Å². The molecule has 1 fully saturated rings. The maximum atomic E-state index is 12.0. The highest BCUT2D eigenvalue weighted by Crippen LogP contribution is 2.35. The van der Waals surface area contributed by atoms with E-state index in [1.165, 1.54) is 0 Å². The third-order valence-electron chi connectivity index (χ3n) is 4.33. The number of nitrogens with zero attached hydrogens (tertiary/aromatic N) is 1. The molecule has 0 spiro atoms. The summed E-state index contributed by atoms with van der Waals surface area (Å²) in [5.74, 6) is -0.113. The molecule has 9 heteroatoms. The summed E-state index contributed by atoms with van der Waals surface area (Å²) in [4.78, 5) is 25.8. The molecule has 1 saturated heterocycles. The van der Waals surface area contributed by atoms with Gasteiger partial charge in [0.15, 0.2) is 11.5 Å². The van der Waals surface area contributed by atoms with Crippen LogP contribution in [0.5, 0.6) is 11.5 Å². The smallest absolute Gasteiger partial charge is 0.309 e. The number of carbonyl (C=O) groups excluding carboxylic acids is 2. The van der Waals surface area contributed by atoms with E-state index in [1.54, 1.807) is 0 Å². The van der Waals surface area contributed by atoms with E-state index in [2.05, 4.69) is 15.5 Å². The molecule has 0 aliphatic carbocycles. The van der Waals surface area contributed by atoms with Crippen molar-refractivity contribution in [2.75, 3.05) is 52.8 Å². The fourth-order valence-corrected chi connectivity index (χ4v) is 2.99. The molecule has 2 heterocycles. The molecule has 2 aliphatic rings. The lowest BCUT2D eigenvalue weighted by Crippen LogP contribution is -2.47. The number of rotatable bonds is 6. The number of amides is 2. The molecule has 142 valence electrons. The van der Waals surface area contributed by atoms with Crippen LogP contribution in [0.1, 0.15) is 11.6 Å². The zero-order valence-corrected chi connectivity index (χ0v) is 14.4. The zero-order chi connectivity index (χ0) is 18.4. The third kappa shape index (κ3) is 4.43. The highest BCUT2D eigenvalue weighted by molar-refractivity contribution is 6.35. The van der Waals surface area contributed by atoms with Crippen molar-refractivity contribution in [3.63, 3.8) is 0 Å². The van der Waals surface area contributed by atoms with Crippen molar-refractivity contribution in [3.05, 3.63) is 23.8 Å². The van der Waals surface area contributed by atoms with Crippen LogP contribution in [0.2, 0.25) is 0 Å². The quantitative estimate of drug-likeness (QED) is 0.556. The lowest BCUT2D eigenvalue weighted by atomic mass is 10.0. The molecule has 1 atom stereocenters. The van der Waals surface area contributed by atoms with Gasteiger partial charge in [0.1, 0.15) is 0 Å². The van der Waals surface area contributed by atoms with Gasteiger partial charge in [-0.15, -0.1) is 0 Å². The fourth-order valence-electron chi connectivity index (χ4n) is 2.99. The molecule has 0 saturated carbocycles. The molecule has 2 aliphatic heterocycles. The van der Waals surface area contributed by atoms with Crippen LogP contribution in [0.15, 0.2) is 18.2 Å². The summed E-state index contributed by atoms with van der Waals surface area (Å²) < 4.78 is 16.2. The number of aliphatic hydroxyl groups excluding tert-OH is 1. The van der Waals surface area contributed by atoms with Crippen LogP contribution in [-0.4, -0.2) is 74.6 Å². The summed E-state index contributed by atoms with van der Waals surface area (Å²) in [6, 6.07) is 5.57. The lowest BCUT2D eigenvalue weighted by molar-refractivity contribution is -0.139. The van der Waals surface area contributed by atoms with Crippen LogP contribution < -0.4 is 20.1 Å². The Morgan fingerprint density at radius 1 is 1.12 bits per heavy atom. The van der Waals surface area contributed by atoms with Gasteiger partial charge in [-0.3, -0.25) is 14.5 Å². The normalized spacial score (nSPS) is 17.6. The van der Waals surface area contributed by atoms with E-state index in [0.717, 1.165) is 18.7 Å². The first-order chi connectivity index (χ1) is 12.7. The maximum absolute atomic E-state index is 12.0. The van der Waals surface area contributed by atoms with Gasteiger partial charge in [-0.1, -0.05) is 6.07 Å². The lowest BCUT2D eigenvalue weighted by Gasteiger charge is -2.34. The fraction of sp³-hybridized carbons (Fsp3) is 0.529. The number of fused-ring (bicyclic) bond motifs is 1. The minimum absolute atomic E-state index is 0.0430. The average molecular weight is 365 g/mol. The Hall–Kier alpha value is -2.36. The number of hydrogen-bond acceptors (Lipinski definition) is 7. The van der Waals surface area contributed by atoms with E-state index in [-0.39, 0.29) is 32.5 Å². The Morgan fingerprint density at radius 3 is 2.62 bits per heavy atom. The number of hydrogen-bond donors (Lipinski definition) is 3. The van der Waals surface area contributed by atoms with Crippen molar-refractivity contribution >= 4 is 11.8 Å². The average Bonchev–Trinajstić information content (AvgIpc) is 3.15. The minimum Gasteiger partial charge on any atom is -0.454 e. The minimum atomic E-state index is -0.759. The van der Waals surface area contributed by atoms with Gasteiger partial charge in [0.2, 0.25) is 6.79 Å². The van der Waals surface area contributed by atoms with Crippen molar-refractivity contribution in [2.24, 2.45) is 0 Å². The highest BCUT2D eigenvalue weighted by Gasteiger charge is 2.26. The number of ether oxygens (including phenoxy) is 3. The van der Waals surface area contributed by atoms with Gasteiger partial charge in [-0.05, 0) is 17.7 Å². The molecule has 26 heavy (non-hydrogen) atoms. The van der Waals surface area contributed by atoms with Crippen molar-refractivity contribution in [3.8, 4) is 11.5 Å². The number of morpholine rings is 1. The molecule has 0 unspecified atom stereocenters. The van der Waals surface area contributed by atoms with Crippen LogP contribution in [-0.2, 0) is 14.3 Å². The standard InChI is InChI=1S/C17H23N3O6/c21-6-3-18-16(22)17(23)19-10-13(20-4-7-24-8-5-20)12-1-2-14-15(9-12)26-11-25-14/h1-2,9,13,21H,3-8,10-11H2,(H,18,22)(H,19,23)/t13-/m1/s1. The number of nitrogens with one attached hydrogen (secondary N) is 2. The van der Waals surface area contributed by atoms with Crippen LogP contribution in [0.3, 0.4) is 0 Å². The number of aliphatic hydroxyl groups is 1. The Balaban J connectivity index is 1.69. The second kappa shape index (κ2) is 8.84. The van der Waals surface area contributed by atoms with Crippen LogP contribution in [0.4, 0.5) is 0 Å². The van der Waals surface area contributed by atoms with Gasteiger partial charge in [-0.25, -0.2) is 0 Å². The molecular formula is C17H23N3O6. The van der Waals surface area contributed by atoms with Crippen LogP contribution in [0, 0.1) is 0 Å². The molecule has 2 amide bonds. The second-order valence-corrected chi connectivity index (χ2v) is 5.97. The summed E-state index contributed by atoms with van der Waals surface area (Å²) in [6.07, 6.45) is 0. The molecule has 1 aromatic rings. The number of benzene rings is 1. The van der Waals surface area contributed by atoms with Gasteiger partial charge in [0.05, 0.1) is 25.9 Å². The van der Waals surface area contributed by atoms with Gasteiger partial charge in [0, 0.05) is 26.2 Å². The van der Waals surface area contributed by atoms with Crippen LogP contribution in [0.25, 0.3) is 0 Å². The van der Waals surface area contributed by atoms with E-state index in [0.29, 0.717) is 24.7 Å². The topological polar surface area (TPSA) is 109 Å². The SMILES string of the molecule is O=C(NCCO)C(=O)NC[C@H](c1ccc2c(c1)OCO2)N1CCOCC1. The first-order valence-electron chi connectivity index (χ1n) is 8.57. The zero-order valence-electron chi connectivity index (χ0n) is 14.4. The van der Waals surface area contributed by atoms with E-state index in [9.17, 15) is 9.59 Å². The molecule has 1 aromatic carbocycles. The summed E-state index contributed by atoms with van der Waals surface area (Å²) in [5, 5.41) is 13.7. The predicted molar refractivity (Wildman–Crippen MR) is 90.8 cm³/mol. The Morgan fingerprint density at radius 2 is 1.85 bits per heavy atom. The van der Waals surface area contributed by atoms with E-state index in [4.69, 9.17) is 19.3 Å². The first kappa shape index (κ1) is 18.4. The largest absolute Gasteiger partial charge is 0.454 e. The van der Waals surface area contributed by atoms with Gasteiger partial charge >= 0.3 is 11.8 Å². The molecule has 0 aromatic heterocycles. The Labute approximate surface area is 151 Å². The van der Waals surface area contributed by atoms with Crippen LogP contribution >= 0.6 is 0 Å². The molecule has 3 N–H and O–H groups in total. The van der Waals surface area contributed by atoms with Gasteiger partial charge in [-0.2, -0.15) is 0 Å². The predicted octanol–water partition coefficient (Wildman–Crippen LogP) is -0.987. The van der Waals surface area contributed by atoms with Crippen molar-refractivity contribution < 1.29 is 28.9 Å². The Bertz CT molecular complexity index is 647. The van der Waals surface area contributed by atoms with Crippen molar-refractivity contribution in [1.29, 1.82) is 0 Å². The number of carbonyl (C=O) groups is 2. The summed E-state index contributed by atoms with van der Waals surface area (Å²) in [6.45, 7) is 2.98. The summed E-state index contributed by atoms with van der Waals surface area (Å²) >= 11 is 0. The Kier molecular flexibility index (Phi) is 6.26. The van der Waals surface area contributed by atoms with E-state index >= 15 is 0 Å². The second-order valence-electron chi connectivity index (χ2n) is 5.97. The van der Waals surface area contributed by atoms with Gasteiger partial charge < -0.3 is 30.0 Å². The summed E-state index contributed by atoms with van der Waals surface area (Å²) in [5.41, 5.74) is 0.965. The van der Waals surface area contributed by atoms with E-state index in [1.807, 2.05) is 18.2 Å². The molecule has 9 nitrogen and oxygen atoms in total. The molecule has 0 bridgehead atoms. The molecule has 3 rings (SSSR count). The summed E-state index contributed by atoms with van der Waals surface area (Å²) in [7, 11) is 0. The van der Waals surface area contributed by atoms with E-state index < -0.39 is 11.8 Å². The van der Waals surface area contributed by atoms with Gasteiger partial charge in [0.25, 0.3) is 0 Å². The maximum Gasteiger partial charge on any atom is 0.309 e. The highest BCUT2D eigenvalue weighted by atomic mass is 16.7.